The van der Waals surface area contributed by atoms with Crippen LogP contribution in [0.5, 0.6) is 11.5 Å². The molecule has 1 aromatic heterocycles. The molecule has 0 saturated heterocycles. The van der Waals surface area contributed by atoms with Crippen molar-refractivity contribution < 1.29 is 19.0 Å². The number of carbonyl (C=O) groups is 1. The van der Waals surface area contributed by atoms with Crippen LogP contribution in [0, 0.1) is 31.1 Å². The molecule has 1 aromatic carbocycles. The molecular weight excluding hydrogens is 368 g/mol. The summed E-state index contributed by atoms with van der Waals surface area (Å²) in [4.78, 5) is 12.3. The van der Waals surface area contributed by atoms with Crippen LogP contribution in [0.3, 0.4) is 0 Å². The van der Waals surface area contributed by atoms with Gasteiger partial charge in [-0.05, 0) is 61.7 Å². The molecule has 0 atom stereocenters. The summed E-state index contributed by atoms with van der Waals surface area (Å²) in [6.07, 6.45) is 1.59. The van der Waals surface area contributed by atoms with Crippen LogP contribution >= 0.6 is 0 Å². The molecular formula is C23H28N2O4. The summed E-state index contributed by atoms with van der Waals surface area (Å²) in [7, 11) is 1.59. The van der Waals surface area contributed by atoms with Crippen LogP contribution in [0.2, 0.25) is 0 Å². The third-order valence-corrected chi connectivity index (χ3v) is 4.45. The minimum Gasteiger partial charge on any atom is -0.497 e. The van der Waals surface area contributed by atoms with Crippen LogP contribution in [0.4, 0.5) is 0 Å². The average Bonchev–Trinajstić information content (AvgIpc) is 2.96. The number of methoxy groups -OCH3 is 1. The SMILES string of the molecule is COc1ccc(OCCOC(=O)/C(C#N)=C/c2cc(C)n(CC(C)C)c2C)cc1. The Morgan fingerprint density at radius 2 is 1.83 bits per heavy atom. The van der Waals surface area contributed by atoms with Crippen molar-refractivity contribution in [3.63, 3.8) is 0 Å². The summed E-state index contributed by atoms with van der Waals surface area (Å²) >= 11 is 0. The fraction of sp³-hybridized carbons (Fsp3) is 0.391. The molecule has 0 aliphatic heterocycles. The lowest BCUT2D eigenvalue weighted by Crippen LogP contribution is -2.13. The Morgan fingerprint density at radius 3 is 2.41 bits per heavy atom. The van der Waals surface area contributed by atoms with E-state index in [1.54, 1.807) is 37.5 Å². The van der Waals surface area contributed by atoms with Crippen molar-refractivity contribution in [2.45, 2.75) is 34.2 Å². The summed E-state index contributed by atoms with van der Waals surface area (Å²) in [5.41, 5.74) is 2.95. The number of nitrogens with zero attached hydrogens (tertiary/aromatic N) is 2. The highest BCUT2D eigenvalue weighted by atomic mass is 16.6. The lowest BCUT2D eigenvalue weighted by Gasteiger charge is -2.12. The Bertz CT molecular complexity index is 902. The fourth-order valence-electron chi connectivity index (χ4n) is 2.96. The lowest BCUT2D eigenvalue weighted by molar-refractivity contribution is -0.139. The van der Waals surface area contributed by atoms with E-state index in [0.29, 0.717) is 11.7 Å². The fourth-order valence-corrected chi connectivity index (χ4v) is 2.96. The molecule has 0 aliphatic carbocycles. The smallest absolute Gasteiger partial charge is 0.349 e. The molecule has 0 spiro atoms. The summed E-state index contributed by atoms with van der Waals surface area (Å²) in [6.45, 7) is 9.45. The standard InChI is InChI=1S/C23H28N2O4/c1-16(2)15-25-17(3)12-19(18(25)4)13-20(14-24)23(26)29-11-10-28-22-8-6-21(27-5)7-9-22/h6-9,12-13,16H,10-11,15H2,1-5H3/b20-13+. The molecule has 0 saturated carbocycles. The largest absolute Gasteiger partial charge is 0.497 e. The number of esters is 1. The van der Waals surface area contributed by atoms with Crippen molar-refractivity contribution in [3.05, 3.63) is 52.9 Å². The first-order valence-electron chi connectivity index (χ1n) is 9.58. The van der Waals surface area contributed by atoms with Gasteiger partial charge >= 0.3 is 5.97 Å². The van der Waals surface area contributed by atoms with E-state index in [2.05, 4.69) is 18.4 Å². The van der Waals surface area contributed by atoms with E-state index in [4.69, 9.17) is 14.2 Å². The Hall–Kier alpha value is -3.20. The average molecular weight is 396 g/mol. The van der Waals surface area contributed by atoms with Crippen LogP contribution < -0.4 is 9.47 Å². The summed E-state index contributed by atoms with van der Waals surface area (Å²) in [5.74, 6) is 1.23. The first kappa shape index (κ1) is 22.1. The molecule has 0 unspecified atom stereocenters. The quantitative estimate of drug-likeness (QED) is 0.273. The topological polar surface area (TPSA) is 73.5 Å². The van der Waals surface area contributed by atoms with Gasteiger partial charge in [0.05, 0.1) is 7.11 Å². The van der Waals surface area contributed by atoms with E-state index in [0.717, 1.165) is 29.2 Å². The van der Waals surface area contributed by atoms with Gasteiger partial charge in [0.1, 0.15) is 36.4 Å². The zero-order valence-electron chi connectivity index (χ0n) is 17.7. The van der Waals surface area contributed by atoms with Crippen LogP contribution in [0.1, 0.15) is 30.8 Å². The number of hydrogen-bond acceptors (Lipinski definition) is 5. The zero-order valence-corrected chi connectivity index (χ0v) is 17.7. The molecule has 1 heterocycles. The molecule has 0 bridgehead atoms. The van der Waals surface area contributed by atoms with E-state index in [1.165, 1.54) is 0 Å². The van der Waals surface area contributed by atoms with Crippen LogP contribution in [-0.4, -0.2) is 30.9 Å². The third kappa shape index (κ3) is 6.15. The molecule has 0 N–H and O–H groups in total. The maximum absolute atomic E-state index is 12.3. The molecule has 0 fully saturated rings. The van der Waals surface area contributed by atoms with Crippen molar-refractivity contribution in [3.8, 4) is 17.6 Å². The van der Waals surface area contributed by atoms with Gasteiger partial charge in [0, 0.05) is 17.9 Å². The predicted octanol–water partition coefficient (Wildman–Crippen LogP) is 4.30. The Kier molecular flexibility index (Phi) is 7.90. The maximum Gasteiger partial charge on any atom is 0.349 e. The number of nitriles is 1. The van der Waals surface area contributed by atoms with E-state index in [-0.39, 0.29) is 18.8 Å². The molecule has 0 radical (unpaired) electrons. The minimum absolute atomic E-state index is 0.0285. The number of aryl methyl sites for hydroxylation is 1. The summed E-state index contributed by atoms with van der Waals surface area (Å²) < 4.78 is 18.0. The molecule has 6 nitrogen and oxygen atoms in total. The van der Waals surface area contributed by atoms with Crippen LogP contribution in [0.25, 0.3) is 6.08 Å². The first-order chi connectivity index (χ1) is 13.8. The van der Waals surface area contributed by atoms with Crippen molar-refractivity contribution in [1.29, 1.82) is 5.26 Å². The van der Waals surface area contributed by atoms with Gasteiger partial charge in [-0.1, -0.05) is 13.8 Å². The number of hydrogen-bond donors (Lipinski definition) is 0. The minimum atomic E-state index is -0.653. The zero-order chi connectivity index (χ0) is 21.4. The normalized spacial score (nSPS) is 11.3. The molecule has 154 valence electrons. The monoisotopic (exact) mass is 396 g/mol. The molecule has 2 rings (SSSR count). The van der Waals surface area contributed by atoms with E-state index in [1.807, 2.05) is 26.0 Å². The Labute approximate surface area is 172 Å². The highest BCUT2D eigenvalue weighted by Gasteiger charge is 2.14. The second-order valence-electron chi connectivity index (χ2n) is 7.16. The highest BCUT2D eigenvalue weighted by molar-refractivity contribution is 5.98. The van der Waals surface area contributed by atoms with Crippen molar-refractivity contribution in [2.75, 3.05) is 20.3 Å². The number of benzene rings is 1. The number of aromatic nitrogens is 1. The van der Waals surface area contributed by atoms with Crippen LogP contribution in [-0.2, 0) is 16.1 Å². The molecule has 29 heavy (non-hydrogen) atoms. The first-order valence-corrected chi connectivity index (χ1v) is 9.58. The number of carbonyl (C=O) groups excluding carboxylic acids is 1. The van der Waals surface area contributed by atoms with Gasteiger partial charge in [-0.25, -0.2) is 4.79 Å². The molecule has 6 heteroatoms. The summed E-state index contributed by atoms with van der Waals surface area (Å²) in [5, 5.41) is 9.39. The van der Waals surface area contributed by atoms with Gasteiger partial charge in [-0.2, -0.15) is 5.26 Å². The Morgan fingerprint density at radius 1 is 1.17 bits per heavy atom. The van der Waals surface area contributed by atoms with Gasteiger partial charge in [-0.3, -0.25) is 0 Å². The van der Waals surface area contributed by atoms with Gasteiger partial charge in [-0.15, -0.1) is 0 Å². The van der Waals surface area contributed by atoms with Crippen molar-refractivity contribution >= 4 is 12.0 Å². The van der Waals surface area contributed by atoms with Gasteiger partial charge in [0.15, 0.2) is 0 Å². The van der Waals surface area contributed by atoms with Gasteiger partial charge < -0.3 is 18.8 Å². The maximum atomic E-state index is 12.3. The van der Waals surface area contributed by atoms with Gasteiger partial charge in [0.2, 0.25) is 0 Å². The van der Waals surface area contributed by atoms with E-state index in [9.17, 15) is 10.1 Å². The van der Waals surface area contributed by atoms with Crippen molar-refractivity contribution in [2.24, 2.45) is 5.92 Å². The van der Waals surface area contributed by atoms with E-state index < -0.39 is 5.97 Å². The Balaban J connectivity index is 1.95. The molecule has 0 aliphatic rings. The molecule has 2 aromatic rings. The predicted molar refractivity (Wildman–Crippen MR) is 112 cm³/mol. The van der Waals surface area contributed by atoms with Crippen molar-refractivity contribution in [1.82, 2.24) is 4.57 Å². The van der Waals surface area contributed by atoms with E-state index >= 15 is 0 Å². The second kappa shape index (κ2) is 10.4. The van der Waals surface area contributed by atoms with Crippen LogP contribution in [0.15, 0.2) is 35.9 Å². The number of ether oxygens (including phenoxy) is 3. The van der Waals surface area contributed by atoms with Gasteiger partial charge in [0.25, 0.3) is 0 Å². The second-order valence-corrected chi connectivity index (χ2v) is 7.16. The number of rotatable bonds is 9. The third-order valence-electron chi connectivity index (χ3n) is 4.45. The molecule has 0 amide bonds. The lowest BCUT2D eigenvalue weighted by atomic mass is 10.1. The highest BCUT2D eigenvalue weighted by Crippen LogP contribution is 2.20. The summed E-state index contributed by atoms with van der Waals surface area (Å²) in [6, 6.07) is 11.0.